The van der Waals surface area contributed by atoms with Crippen LogP contribution < -0.4 is 5.32 Å². The molecule has 1 aromatic carbocycles. The van der Waals surface area contributed by atoms with E-state index in [0.29, 0.717) is 5.95 Å². The second-order valence-corrected chi connectivity index (χ2v) is 3.00. The Hall–Kier alpha value is -1.84. The van der Waals surface area contributed by atoms with Gasteiger partial charge in [0.2, 0.25) is 5.95 Å². The molecule has 0 unspecified atom stereocenters. The first-order valence-corrected chi connectivity index (χ1v) is 4.45. The van der Waals surface area contributed by atoms with Crippen LogP contribution in [0.4, 0.5) is 5.95 Å². The minimum absolute atomic E-state index is 0.645. The van der Waals surface area contributed by atoms with E-state index in [2.05, 4.69) is 15.4 Å². The third-order valence-electron chi connectivity index (χ3n) is 2.02. The minimum atomic E-state index is 0.645. The Morgan fingerprint density at radius 1 is 1.21 bits per heavy atom. The summed E-state index contributed by atoms with van der Waals surface area (Å²) in [5.74, 6) is 1.52. The Morgan fingerprint density at radius 3 is 2.50 bits per heavy atom. The molecule has 0 aliphatic heterocycles. The van der Waals surface area contributed by atoms with Crippen LogP contribution in [0, 0.1) is 0 Å². The monoisotopic (exact) mass is 188 g/mol. The number of nitrogens with one attached hydrogen (secondary N) is 1. The van der Waals surface area contributed by atoms with Gasteiger partial charge in [-0.1, -0.05) is 30.3 Å². The lowest BCUT2D eigenvalue weighted by molar-refractivity contribution is 0.777. The quantitative estimate of drug-likeness (QED) is 0.777. The van der Waals surface area contributed by atoms with Crippen molar-refractivity contribution >= 4 is 5.95 Å². The molecule has 1 heterocycles. The maximum atomic E-state index is 4.34. The molecule has 0 fully saturated rings. The van der Waals surface area contributed by atoms with E-state index >= 15 is 0 Å². The van der Waals surface area contributed by atoms with E-state index in [9.17, 15) is 0 Å². The first kappa shape index (κ1) is 8.74. The number of rotatable bonds is 2. The van der Waals surface area contributed by atoms with Crippen LogP contribution in [0.25, 0.3) is 11.4 Å². The molecule has 1 aromatic heterocycles. The van der Waals surface area contributed by atoms with E-state index in [-0.39, 0.29) is 0 Å². The minimum Gasteiger partial charge on any atom is -0.356 e. The van der Waals surface area contributed by atoms with Gasteiger partial charge in [-0.3, -0.25) is 0 Å². The highest BCUT2D eigenvalue weighted by Crippen LogP contribution is 2.16. The fraction of sp³-hybridized carbons (Fsp3) is 0.200. The van der Waals surface area contributed by atoms with Crippen LogP contribution >= 0.6 is 0 Å². The molecule has 0 spiro atoms. The van der Waals surface area contributed by atoms with Crippen molar-refractivity contribution in [2.75, 3.05) is 12.4 Å². The first-order valence-electron chi connectivity index (χ1n) is 4.45. The molecule has 0 amide bonds. The van der Waals surface area contributed by atoms with Crippen molar-refractivity contribution in [2.45, 2.75) is 0 Å². The van der Waals surface area contributed by atoms with Gasteiger partial charge in [-0.15, -0.1) is 5.10 Å². The van der Waals surface area contributed by atoms with Gasteiger partial charge in [0.25, 0.3) is 0 Å². The Balaban J connectivity index is 2.46. The molecule has 72 valence electrons. The van der Waals surface area contributed by atoms with Crippen LogP contribution in [0.3, 0.4) is 0 Å². The number of benzene rings is 1. The summed E-state index contributed by atoms with van der Waals surface area (Å²) in [6, 6.07) is 10.00. The van der Waals surface area contributed by atoms with Gasteiger partial charge >= 0.3 is 0 Å². The number of hydrogen-bond donors (Lipinski definition) is 1. The summed E-state index contributed by atoms with van der Waals surface area (Å²) in [7, 11) is 3.69. The second kappa shape index (κ2) is 3.49. The predicted octanol–water partition coefficient (Wildman–Crippen LogP) is 1.52. The van der Waals surface area contributed by atoms with Gasteiger partial charge in [-0.05, 0) is 0 Å². The third kappa shape index (κ3) is 1.46. The van der Waals surface area contributed by atoms with Crippen molar-refractivity contribution in [3.63, 3.8) is 0 Å². The Morgan fingerprint density at radius 2 is 1.93 bits per heavy atom. The third-order valence-corrected chi connectivity index (χ3v) is 2.02. The maximum absolute atomic E-state index is 4.34. The molecule has 0 atom stereocenters. The van der Waals surface area contributed by atoms with Gasteiger partial charge in [-0.25, -0.2) is 4.68 Å². The Labute approximate surface area is 82.6 Å². The van der Waals surface area contributed by atoms with Crippen molar-refractivity contribution in [1.29, 1.82) is 0 Å². The average Bonchev–Trinajstić information content (AvgIpc) is 2.61. The molecule has 14 heavy (non-hydrogen) atoms. The van der Waals surface area contributed by atoms with Gasteiger partial charge < -0.3 is 5.32 Å². The normalized spacial score (nSPS) is 10.1. The van der Waals surface area contributed by atoms with E-state index in [1.807, 2.05) is 44.4 Å². The lowest BCUT2D eigenvalue weighted by Gasteiger charge is -1.97. The average molecular weight is 188 g/mol. The predicted molar refractivity (Wildman–Crippen MR) is 56.0 cm³/mol. The lowest BCUT2D eigenvalue weighted by atomic mass is 10.2. The van der Waals surface area contributed by atoms with Gasteiger partial charge in [0.1, 0.15) is 0 Å². The molecule has 2 aromatic rings. The fourth-order valence-corrected chi connectivity index (χ4v) is 1.33. The zero-order valence-electron chi connectivity index (χ0n) is 8.23. The standard InChI is InChI=1S/C10H12N4/c1-11-10-12-9(14(2)13-10)8-6-4-3-5-7-8/h3-7H,1-2H3,(H,11,13). The molecule has 2 rings (SSSR count). The first-order chi connectivity index (χ1) is 6.81. The van der Waals surface area contributed by atoms with Crippen molar-refractivity contribution in [1.82, 2.24) is 14.8 Å². The second-order valence-electron chi connectivity index (χ2n) is 3.00. The van der Waals surface area contributed by atoms with Gasteiger partial charge in [0.15, 0.2) is 5.82 Å². The summed E-state index contributed by atoms with van der Waals surface area (Å²) in [5.41, 5.74) is 1.07. The van der Waals surface area contributed by atoms with Crippen LogP contribution in [0.15, 0.2) is 30.3 Å². The smallest absolute Gasteiger partial charge is 0.242 e. The van der Waals surface area contributed by atoms with Gasteiger partial charge in [0.05, 0.1) is 0 Å². The Bertz CT molecular complexity index is 419. The molecule has 4 nitrogen and oxygen atoms in total. The molecule has 0 aliphatic rings. The van der Waals surface area contributed by atoms with E-state index in [0.717, 1.165) is 11.4 Å². The van der Waals surface area contributed by atoms with Gasteiger partial charge in [-0.2, -0.15) is 4.98 Å². The molecular weight excluding hydrogens is 176 g/mol. The van der Waals surface area contributed by atoms with E-state index in [1.165, 1.54) is 0 Å². The number of anilines is 1. The molecule has 0 bridgehead atoms. The molecular formula is C10H12N4. The Kier molecular flexibility index (Phi) is 2.18. The molecule has 1 N–H and O–H groups in total. The van der Waals surface area contributed by atoms with Gasteiger partial charge in [0, 0.05) is 19.7 Å². The van der Waals surface area contributed by atoms with Crippen molar-refractivity contribution in [2.24, 2.45) is 7.05 Å². The fourth-order valence-electron chi connectivity index (χ4n) is 1.33. The number of nitrogens with zero attached hydrogens (tertiary/aromatic N) is 3. The summed E-state index contributed by atoms with van der Waals surface area (Å²) < 4.78 is 1.77. The lowest BCUT2D eigenvalue weighted by Crippen LogP contribution is -1.94. The molecule has 0 radical (unpaired) electrons. The molecule has 0 saturated carbocycles. The van der Waals surface area contributed by atoms with Crippen LogP contribution in [0.5, 0.6) is 0 Å². The van der Waals surface area contributed by atoms with Crippen LogP contribution in [0.2, 0.25) is 0 Å². The molecule has 0 aliphatic carbocycles. The van der Waals surface area contributed by atoms with E-state index in [4.69, 9.17) is 0 Å². The van der Waals surface area contributed by atoms with Crippen molar-refractivity contribution in [3.8, 4) is 11.4 Å². The summed E-state index contributed by atoms with van der Waals surface area (Å²) in [5, 5.41) is 7.11. The van der Waals surface area contributed by atoms with E-state index < -0.39 is 0 Å². The van der Waals surface area contributed by atoms with E-state index in [1.54, 1.807) is 4.68 Å². The topological polar surface area (TPSA) is 42.7 Å². The molecule has 0 saturated heterocycles. The highest BCUT2D eigenvalue weighted by molar-refractivity contribution is 5.56. The number of aryl methyl sites for hydroxylation is 1. The zero-order chi connectivity index (χ0) is 9.97. The van der Waals surface area contributed by atoms with Crippen LogP contribution in [0.1, 0.15) is 0 Å². The SMILES string of the molecule is CNc1nc(-c2ccccc2)n(C)n1. The number of hydrogen-bond acceptors (Lipinski definition) is 3. The van der Waals surface area contributed by atoms with Crippen LogP contribution in [-0.2, 0) is 7.05 Å². The summed E-state index contributed by atoms with van der Waals surface area (Å²) >= 11 is 0. The van der Waals surface area contributed by atoms with Crippen molar-refractivity contribution in [3.05, 3.63) is 30.3 Å². The summed E-state index contributed by atoms with van der Waals surface area (Å²) in [4.78, 5) is 4.34. The van der Waals surface area contributed by atoms with Crippen LogP contribution in [-0.4, -0.2) is 21.8 Å². The van der Waals surface area contributed by atoms with Crippen molar-refractivity contribution < 1.29 is 0 Å². The zero-order valence-corrected chi connectivity index (χ0v) is 8.23. The highest BCUT2D eigenvalue weighted by atomic mass is 15.4. The maximum Gasteiger partial charge on any atom is 0.242 e. The number of aromatic nitrogens is 3. The largest absolute Gasteiger partial charge is 0.356 e. The summed E-state index contributed by atoms with van der Waals surface area (Å²) in [6.07, 6.45) is 0. The summed E-state index contributed by atoms with van der Waals surface area (Å²) in [6.45, 7) is 0. The highest BCUT2D eigenvalue weighted by Gasteiger charge is 2.06. The molecule has 4 heteroatoms.